The maximum absolute atomic E-state index is 12.6. The van der Waals surface area contributed by atoms with Gasteiger partial charge in [0.2, 0.25) is 0 Å². The molecule has 0 radical (unpaired) electrons. The standard InChI is InChI=1S/C21H24ClFN2O4/c1-14-6-7-17(11-18(14)12-26)21(28)24-9-8-15(2)25-20(27)13-29-10-4-5-19(22)16(3)23/h4-7,10-11,26H,2-3,8-9,12-13H2,1H3,(H,24,28)(H,25,27)/b10-4+,19-5+. The van der Waals surface area contributed by atoms with E-state index in [2.05, 4.69) is 23.8 Å². The monoisotopic (exact) mass is 422 g/mol. The number of hydrogen-bond acceptors (Lipinski definition) is 4. The van der Waals surface area contributed by atoms with Crippen LogP contribution in [0, 0.1) is 6.92 Å². The fraction of sp³-hybridized carbons (Fsp3) is 0.238. The molecule has 0 aliphatic heterocycles. The minimum Gasteiger partial charge on any atom is -0.491 e. The van der Waals surface area contributed by atoms with E-state index in [0.29, 0.717) is 23.2 Å². The predicted molar refractivity (Wildman–Crippen MR) is 111 cm³/mol. The Morgan fingerprint density at radius 3 is 2.72 bits per heavy atom. The Bertz CT molecular complexity index is 834. The number of carbonyl (C=O) groups is 2. The number of benzene rings is 1. The number of aliphatic hydroxyl groups is 1. The summed E-state index contributed by atoms with van der Waals surface area (Å²) in [5.41, 5.74) is 2.46. The molecular formula is C21H24ClFN2O4. The lowest BCUT2D eigenvalue weighted by Gasteiger charge is -2.10. The van der Waals surface area contributed by atoms with Crippen LogP contribution in [0.25, 0.3) is 0 Å². The van der Waals surface area contributed by atoms with Crippen molar-refractivity contribution < 1.29 is 23.8 Å². The van der Waals surface area contributed by atoms with E-state index in [-0.39, 0.29) is 30.7 Å². The number of aliphatic hydroxyl groups excluding tert-OH is 1. The predicted octanol–water partition coefficient (Wildman–Crippen LogP) is 3.37. The molecule has 0 fully saturated rings. The lowest BCUT2D eigenvalue weighted by molar-refractivity contribution is -0.123. The molecule has 3 N–H and O–H groups in total. The summed E-state index contributed by atoms with van der Waals surface area (Å²) < 4.78 is 17.6. The second-order valence-corrected chi connectivity index (χ2v) is 6.42. The van der Waals surface area contributed by atoms with Gasteiger partial charge in [-0.15, -0.1) is 0 Å². The van der Waals surface area contributed by atoms with Crippen molar-refractivity contribution >= 4 is 23.4 Å². The molecule has 1 aromatic carbocycles. The van der Waals surface area contributed by atoms with Gasteiger partial charge in [-0.25, -0.2) is 4.39 Å². The highest BCUT2D eigenvalue weighted by Crippen LogP contribution is 2.13. The van der Waals surface area contributed by atoms with Crippen molar-refractivity contribution in [2.45, 2.75) is 20.0 Å². The molecule has 29 heavy (non-hydrogen) atoms. The second-order valence-electron chi connectivity index (χ2n) is 6.02. The van der Waals surface area contributed by atoms with Gasteiger partial charge < -0.3 is 20.5 Å². The third-order valence-corrected chi connectivity index (χ3v) is 4.03. The smallest absolute Gasteiger partial charge is 0.261 e. The number of amides is 2. The van der Waals surface area contributed by atoms with Gasteiger partial charge in [0.25, 0.3) is 11.8 Å². The molecule has 0 spiro atoms. The van der Waals surface area contributed by atoms with Gasteiger partial charge in [0, 0.05) is 24.2 Å². The molecule has 2 amide bonds. The molecule has 0 saturated heterocycles. The fourth-order valence-corrected chi connectivity index (χ4v) is 2.17. The molecule has 0 unspecified atom stereocenters. The van der Waals surface area contributed by atoms with E-state index in [9.17, 15) is 19.1 Å². The maximum Gasteiger partial charge on any atom is 0.261 e. The van der Waals surface area contributed by atoms with Gasteiger partial charge >= 0.3 is 0 Å². The minimum absolute atomic E-state index is 0.137. The van der Waals surface area contributed by atoms with Crippen molar-refractivity contribution in [3.05, 3.63) is 83.0 Å². The van der Waals surface area contributed by atoms with Crippen molar-refractivity contribution in [3.63, 3.8) is 0 Å². The lowest BCUT2D eigenvalue weighted by Crippen LogP contribution is -2.30. The number of carbonyl (C=O) groups excluding carboxylic acids is 2. The van der Waals surface area contributed by atoms with Crippen LogP contribution in [0.2, 0.25) is 0 Å². The largest absolute Gasteiger partial charge is 0.491 e. The molecule has 8 heteroatoms. The Kier molecular flexibility index (Phi) is 10.4. The van der Waals surface area contributed by atoms with Crippen LogP contribution >= 0.6 is 11.6 Å². The molecule has 0 aromatic heterocycles. The molecule has 0 aliphatic rings. The molecule has 1 aromatic rings. The number of hydrogen-bond donors (Lipinski definition) is 3. The molecule has 0 heterocycles. The number of rotatable bonds is 11. The third kappa shape index (κ3) is 9.23. The number of nitrogens with one attached hydrogen (secondary N) is 2. The van der Waals surface area contributed by atoms with Gasteiger partial charge in [0.15, 0.2) is 6.61 Å². The molecule has 6 nitrogen and oxygen atoms in total. The number of aryl methyl sites for hydroxylation is 1. The van der Waals surface area contributed by atoms with Crippen molar-refractivity contribution in [2.24, 2.45) is 0 Å². The highest BCUT2D eigenvalue weighted by atomic mass is 35.5. The summed E-state index contributed by atoms with van der Waals surface area (Å²) in [7, 11) is 0. The van der Waals surface area contributed by atoms with Gasteiger partial charge in [-0.1, -0.05) is 30.8 Å². The van der Waals surface area contributed by atoms with E-state index >= 15 is 0 Å². The van der Waals surface area contributed by atoms with Crippen LogP contribution in [-0.2, 0) is 16.1 Å². The Balaban J connectivity index is 2.32. The number of ether oxygens (including phenoxy) is 1. The van der Waals surface area contributed by atoms with Crippen LogP contribution in [0.3, 0.4) is 0 Å². The quantitative estimate of drug-likeness (QED) is 0.377. The number of halogens is 2. The molecule has 0 aliphatic carbocycles. The lowest BCUT2D eigenvalue weighted by atomic mass is 10.1. The van der Waals surface area contributed by atoms with Crippen molar-refractivity contribution in [2.75, 3.05) is 13.2 Å². The van der Waals surface area contributed by atoms with Gasteiger partial charge in [0.05, 0.1) is 17.9 Å². The zero-order valence-corrected chi connectivity index (χ0v) is 16.9. The van der Waals surface area contributed by atoms with Gasteiger partial charge in [-0.3, -0.25) is 9.59 Å². The van der Waals surface area contributed by atoms with E-state index in [1.807, 2.05) is 6.92 Å². The SMILES string of the molecule is C=C(CCNC(=O)c1ccc(C)c(CO)c1)NC(=O)CO/C=C/C=C(/Cl)C(=C)F. The molecule has 156 valence electrons. The molecule has 0 saturated carbocycles. The van der Waals surface area contributed by atoms with Gasteiger partial charge in [-0.2, -0.15) is 0 Å². The first kappa shape index (κ1) is 24.1. The summed E-state index contributed by atoms with van der Waals surface area (Å²) in [5, 5.41) is 14.4. The van der Waals surface area contributed by atoms with Crippen LogP contribution in [0.1, 0.15) is 27.9 Å². The topological polar surface area (TPSA) is 87.7 Å². The Morgan fingerprint density at radius 2 is 2.07 bits per heavy atom. The average Bonchev–Trinajstić information content (AvgIpc) is 2.67. The second kappa shape index (κ2) is 12.5. The Labute approximate surface area is 174 Å². The van der Waals surface area contributed by atoms with Crippen molar-refractivity contribution in [1.29, 1.82) is 0 Å². The minimum atomic E-state index is -0.770. The summed E-state index contributed by atoms with van der Waals surface area (Å²) in [6, 6.07) is 5.08. The highest BCUT2D eigenvalue weighted by Gasteiger charge is 2.08. The summed E-state index contributed by atoms with van der Waals surface area (Å²) in [6.45, 7) is 8.47. The highest BCUT2D eigenvalue weighted by molar-refractivity contribution is 6.31. The molecule has 1 rings (SSSR count). The van der Waals surface area contributed by atoms with Crippen LogP contribution in [0.15, 0.2) is 66.3 Å². The van der Waals surface area contributed by atoms with E-state index in [0.717, 1.165) is 5.56 Å². The van der Waals surface area contributed by atoms with E-state index in [1.165, 1.54) is 18.4 Å². The van der Waals surface area contributed by atoms with Gasteiger partial charge in [0.1, 0.15) is 5.83 Å². The summed E-state index contributed by atoms with van der Waals surface area (Å²) in [5.74, 6) is -1.48. The van der Waals surface area contributed by atoms with Gasteiger partial charge in [-0.05, 0) is 42.3 Å². The zero-order chi connectivity index (χ0) is 21.8. The van der Waals surface area contributed by atoms with E-state index < -0.39 is 11.7 Å². The fourth-order valence-electron chi connectivity index (χ4n) is 2.10. The van der Waals surface area contributed by atoms with Crippen LogP contribution in [-0.4, -0.2) is 30.1 Å². The van der Waals surface area contributed by atoms with E-state index in [4.69, 9.17) is 16.3 Å². The molecule has 0 atom stereocenters. The van der Waals surface area contributed by atoms with Crippen LogP contribution in [0.4, 0.5) is 4.39 Å². The third-order valence-electron chi connectivity index (χ3n) is 3.70. The van der Waals surface area contributed by atoms with Crippen LogP contribution in [0.5, 0.6) is 0 Å². The Morgan fingerprint density at radius 1 is 1.34 bits per heavy atom. The zero-order valence-electron chi connectivity index (χ0n) is 16.1. The summed E-state index contributed by atoms with van der Waals surface area (Å²) in [6.07, 6.45) is 4.10. The first-order chi connectivity index (χ1) is 13.7. The van der Waals surface area contributed by atoms with Crippen molar-refractivity contribution in [1.82, 2.24) is 10.6 Å². The maximum atomic E-state index is 12.6. The number of allylic oxidation sites excluding steroid dienone is 4. The summed E-state index contributed by atoms with van der Waals surface area (Å²) in [4.78, 5) is 23.9. The Hall–Kier alpha value is -2.90. The molecular weight excluding hydrogens is 399 g/mol. The van der Waals surface area contributed by atoms with Crippen molar-refractivity contribution in [3.8, 4) is 0 Å². The normalized spacial score (nSPS) is 11.2. The summed E-state index contributed by atoms with van der Waals surface area (Å²) >= 11 is 5.51. The molecule has 0 bridgehead atoms. The average molecular weight is 423 g/mol. The first-order valence-electron chi connectivity index (χ1n) is 8.69. The first-order valence-corrected chi connectivity index (χ1v) is 9.07. The van der Waals surface area contributed by atoms with Crippen LogP contribution < -0.4 is 10.6 Å². The van der Waals surface area contributed by atoms with E-state index in [1.54, 1.807) is 18.2 Å².